The van der Waals surface area contributed by atoms with Crippen LogP contribution in [0.15, 0.2) is 0 Å². The standard InChI is InChI=1S/C9H14N2O2/c10-5-9(6-12-7-9)11-4-8-2-1-3-13-8/h8,11H,1-4,6-7H2. The number of hydrogen-bond donors (Lipinski definition) is 1. The minimum atomic E-state index is -0.425. The number of rotatable bonds is 3. The van der Waals surface area contributed by atoms with Gasteiger partial charge in [-0.3, -0.25) is 5.32 Å². The Morgan fingerprint density at radius 2 is 2.38 bits per heavy atom. The van der Waals surface area contributed by atoms with Gasteiger partial charge in [-0.25, -0.2) is 0 Å². The molecule has 2 rings (SSSR count). The molecule has 4 heteroatoms. The zero-order valence-corrected chi connectivity index (χ0v) is 7.58. The summed E-state index contributed by atoms with van der Waals surface area (Å²) in [5.41, 5.74) is -0.425. The van der Waals surface area contributed by atoms with Crippen LogP contribution >= 0.6 is 0 Å². The molecule has 1 N–H and O–H groups in total. The Balaban J connectivity index is 1.75. The first-order valence-corrected chi connectivity index (χ1v) is 4.70. The van der Waals surface area contributed by atoms with E-state index in [9.17, 15) is 0 Å². The van der Waals surface area contributed by atoms with Crippen molar-refractivity contribution < 1.29 is 9.47 Å². The summed E-state index contributed by atoms with van der Waals surface area (Å²) in [6.07, 6.45) is 2.54. The van der Waals surface area contributed by atoms with Crippen LogP contribution in [0.25, 0.3) is 0 Å². The molecule has 1 atom stereocenters. The molecule has 13 heavy (non-hydrogen) atoms. The molecule has 0 aliphatic carbocycles. The number of nitriles is 1. The average molecular weight is 182 g/mol. The van der Waals surface area contributed by atoms with Crippen LogP contribution in [0.3, 0.4) is 0 Å². The Kier molecular flexibility index (Phi) is 2.49. The Hall–Kier alpha value is -0.630. The van der Waals surface area contributed by atoms with Crippen molar-refractivity contribution in [1.29, 1.82) is 5.26 Å². The van der Waals surface area contributed by atoms with Crippen LogP contribution in [-0.2, 0) is 9.47 Å². The molecule has 2 saturated heterocycles. The highest BCUT2D eigenvalue weighted by atomic mass is 16.5. The van der Waals surface area contributed by atoms with E-state index in [1.165, 1.54) is 0 Å². The lowest BCUT2D eigenvalue weighted by molar-refractivity contribution is -0.0485. The van der Waals surface area contributed by atoms with Crippen LogP contribution < -0.4 is 5.32 Å². The van der Waals surface area contributed by atoms with Gasteiger partial charge in [-0.15, -0.1) is 0 Å². The molecule has 0 spiro atoms. The van der Waals surface area contributed by atoms with Crippen molar-refractivity contribution >= 4 is 0 Å². The predicted octanol–water partition coefficient (Wildman–Crippen LogP) is 0.0476. The first kappa shape index (κ1) is 8.95. The first-order valence-electron chi connectivity index (χ1n) is 4.70. The van der Waals surface area contributed by atoms with Gasteiger partial charge in [-0.2, -0.15) is 5.26 Å². The van der Waals surface area contributed by atoms with Gasteiger partial charge in [0.1, 0.15) is 0 Å². The quantitative estimate of drug-likeness (QED) is 0.670. The average Bonchev–Trinajstić information content (AvgIpc) is 2.56. The molecule has 0 bridgehead atoms. The third-order valence-electron chi connectivity index (χ3n) is 2.60. The molecule has 0 radical (unpaired) electrons. The second kappa shape index (κ2) is 3.62. The number of ether oxygens (including phenoxy) is 2. The topological polar surface area (TPSA) is 54.3 Å². The molecule has 2 heterocycles. The van der Waals surface area contributed by atoms with Gasteiger partial charge in [0.25, 0.3) is 0 Å². The third kappa shape index (κ3) is 1.83. The van der Waals surface area contributed by atoms with E-state index in [0.717, 1.165) is 26.0 Å². The summed E-state index contributed by atoms with van der Waals surface area (Å²) < 4.78 is 10.5. The van der Waals surface area contributed by atoms with Gasteiger partial charge >= 0.3 is 0 Å². The molecule has 72 valence electrons. The fourth-order valence-corrected chi connectivity index (χ4v) is 1.63. The van der Waals surface area contributed by atoms with Gasteiger partial charge in [0, 0.05) is 13.2 Å². The van der Waals surface area contributed by atoms with Crippen LogP contribution in [0, 0.1) is 11.3 Å². The number of nitrogens with one attached hydrogen (secondary N) is 1. The largest absolute Gasteiger partial charge is 0.377 e. The Bertz CT molecular complexity index is 214. The minimum absolute atomic E-state index is 0.297. The van der Waals surface area contributed by atoms with E-state index in [-0.39, 0.29) is 0 Å². The van der Waals surface area contributed by atoms with Crippen molar-refractivity contribution in [2.24, 2.45) is 0 Å². The Labute approximate surface area is 77.8 Å². The smallest absolute Gasteiger partial charge is 0.153 e. The Morgan fingerprint density at radius 1 is 1.54 bits per heavy atom. The minimum Gasteiger partial charge on any atom is -0.377 e. The zero-order chi connectivity index (χ0) is 9.15. The maximum Gasteiger partial charge on any atom is 0.153 e. The molecule has 2 aliphatic rings. The predicted molar refractivity (Wildman–Crippen MR) is 46.1 cm³/mol. The summed E-state index contributed by atoms with van der Waals surface area (Å²) in [5, 5.41) is 12.1. The highest BCUT2D eigenvalue weighted by Crippen LogP contribution is 2.17. The molecule has 2 fully saturated rings. The molecule has 2 aliphatic heterocycles. The van der Waals surface area contributed by atoms with Crippen molar-refractivity contribution in [2.45, 2.75) is 24.5 Å². The van der Waals surface area contributed by atoms with Gasteiger partial charge in [-0.1, -0.05) is 0 Å². The second-order valence-electron chi connectivity index (χ2n) is 3.70. The normalized spacial score (nSPS) is 30.8. The van der Waals surface area contributed by atoms with Gasteiger partial charge in [0.05, 0.1) is 25.4 Å². The number of nitrogens with zero attached hydrogens (tertiary/aromatic N) is 1. The van der Waals surface area contributed by atoms with Gasteiger partial charge in [-0.05, 0) is 12.8 Å². The van der Waals surface area contributed by atoms with E-state index in [2.05, 4.69) is 11.4 Å². The van der Waals surface area contributed by atoms with E-state index < -0.39 is 5.54 Å². The van der Waals surface area contributed by atoms with Crippen molar-refractivity contribution in [1.82, 2.24) is 5.32 Å². The highest BCUT2D eigenvalue weighted by molar-refractivity contribution is 5.12. The molecule has 0 aromatic carbocycles. The fourth-order valence-electron chi connectivity index (χ4n) is 1.63. The van der Waals surface area contributed by atoms with Crippen LogP contribution in [0.2, 0.25) is 0 Å². The van der Waals surface area contributed by atoms with Crippen LogP contribution in [0.5, 0.6) is 0 Å². The fraction of sp³-hybridized carbons (Fsp3) is 0.889. The summed E-state index contributed by atoms with van der Waals surface area (Å²) in [6.45, 7) is 2.66. The highest BCUT2D eigenvalue weighted by Gasteiger charge is 2.39. The Morgan fingerprint density at radius 3 is 2.85 bits per heavy atom. The van der Waals surface area contributed by atoms with Gasteiger partial charge in [0.15, 0.2) is 5.54 Å². The SMILES string of the molecule is N#CC1(NCC2CCCO2)COC1. The zero-order valence-electron chi connectivity index (χ0n) is 7.58. The van der Waals surface area contributed by atoms with Crippen molar-refractivity contribution in [2.75, 3.05) is 26.4 Å². The lowest BCUT2D eigenvalue weighted by Gasteiger charge is -2.36. The van der Waals surface area contributed by atoms with Crippen molar-refractivity contribution in [3.63, 3.8) is 0 Å². The molecule has 0 aromatic heterocycles. The van der Waals surface area contributed by atoms with E-state index in [1.807, 2.05) is 0 Å². The van der Waals surface area contributed by atoms with E-state index in [4.69, 9.17) is 14.7 Å². The third-order valence-corrected chi connectivity index (χ3v) is 2.60. The summed E-state index contributed by atoms with van der Waals surface area (Å²) >= 11 is 0. The molecule has 0 aromatic rings. The molecular formula is C9H14N2O2. The molecule has 0 amide bonds. The summed E-state index contributed by atoms with van der Waals surface area (Å²) in [5.74, 6) is 0. The van der Waals surface area contributed by atoms with E-state index >= 15 is 0 Å². The van der Waals surface area contributed by atoms with E-state index in [1.54, 1.807) is 0 Å². The molecule has 4 nitrogen and oxygen atoms in total. The van der Waals surface area contributed by atoms with Crippen LogP contribution in [-0.4, -0.2) is 38.0 Å². The first-order chi connectivity index (χ1) is 6.35. The van der Waals surface area contributed by atoms with Gasteiger partial charge < -0.3 is 9.47 Å². The van der Waals surface area contributed by atoms with Crippen molar-refractivity contribution in [3.05, 3.63) is 0 Å². The van der Waals surface area contributed by atoms with Crippen molar-refractivity contribution in [3.8, 4) is 6.07 Å². The molecular weight excluding hydrogens is 168 g/mol. The lowest BCUT2D eigenvalue weighted by atomic mass is 9.99. The van der Waals surface area contributed by atoms with Crippen LogP contribution in [0.4, 0.5) is 0 Å². The van der Waals surface area contributed by atoms with E-state index in [0.29, 0.717) is 19.3 Å². The lowest BCUT2D eigenvalue weighted by Crippen LogP contribution is -2.60. The maximum atomic E-state index is 8.88. The van der Waals surface area contributed by atoms with Crippen LogP contribution in [0.1, 0.15) is 12.8 Å². The molecule has 0 saturated carbocycles. The summed E-state index contributed by atoms with van der Waals surface area (Å²) in [7, 11) is 0. The maximum absolute atomic E-state index is 8.88. The van der Waals surface area contributed by atoms with Gasteiger partial charge in [0.2, 0.25) is 0 Å². The monoisotopic (exact) mass is 182 g/mol. The second-order valence-corrected chi connectivity index (χ2v) is 3.70. The summed E-state index contributed by atoms with van der Waals surface area (Å²) in [6, 6.07) is 2.25. The summed E-state index contributed by atoms with van der Waals surface area (Å²) in [4.78, 5) is 0. The molecule has 1 unspecified atom stereocenters. The number of hydrogen-bond acceptors (Lipinski definition) is 4.